The second kappa shape index (κ2) is 12.2. The van der Waals surface area contributed by atoms with Gasteiger partial charge in [0.25, 0.3) is 0 Å². The molecule has 2 saturated heterocycles. The van der Waals surface area contributed by atoms with E-state index in [0.29, 0.717) is 29.7 Å². The van der Waals surface area contributed by atoms with Crippen LogP contribution in [0, 0.1) is 11.8 Å². The Bertz CT molecular complexity index is 1030. The van der Waals surface area contributed by atoms with Crippen molar-refractivity contribution in [3.63, 3.8) is 0 Å². The van der Waals surface area contributed by atoms with Crippen molar-refractivity contribution < 1.29 is 23.7 Å². The number of likely N-dealkylation sites (tertiary alicyclic amines) is 1. The molecule has 9 nitrogen and oxygen atoms in total. The normalized spacial score (nSPS) is 23.0. The maximum atomic E-state index is 12.2. The molecule has 2 saturated carbocycles. The maximum absolute atomic E-state index is 12.2. The van der Waals surface area contributed by atoms with Gasteiger partial charge < -0.3 is 24.4 Å². The number of hydrogen-bond acceptors (Lipinski definition) is 7. The van der Waals surface area contributed by atoms with Crippen LogP contribution in [0.2, 0.25) is 0 Å². The minimum absolute atomic E-state index is 0.0185. The van der Waals surface area contributed by atoms with Gasteiger partial charge >= 0.3 is 5.97 Å². The third-order valence-electron chi connectivity index (χ3n) is 7.38. The summed E-state index contributed by atoms with van der Waals surface area (Å²) < 4.78 is 10.6. The highest BCUT2D eigenvalue weighted by Crippen LogP contribution is 2.38. The second-order valence-corrected chi connectivity index (χ2v) is 11.3. The summed E-state index contributed by atoms with van der Waals surface area (Å²) in [7, 11) is 0. The van der Waals surface area contributed by atoms with Crippen molar-refractivity contribution >= 4 is 11.9 Å². The van der Waals surface area contributed by atoms with Gasteiger partial charge in [0.15, 0.2) is 0 Å². The molecule has 0 bridgehead atoms. The Morgan fingerprint density at radius 2 is 1.49 bits per heavy atom. The molecule has 4 aliphatic rings. The van der Waals surface area contributed by atoms with E-state index in [1.165, 1.54) is 12.8 Å². The van der Waals surface area contributed by atoms with Crippen molar-refractivity contribution in [2.75, 3.05) is 13.1 Å². The summed E-state index contributed by atoms with van der Waals surface area (Å²) in [6.07, 6.45) is 8.45. The fourth-order valence-corrected chi connectivity index (χ4v) is 4.64. The van der Waals surface area contributed by atoms with Crippen molar-refractivity contribution in [1.82, 2.24) is 20.5 Å². The van der Waals surface area contributed by atoms with Gasteiger partial charge in [0, 0.05) is 36.4 Å². The highest BCUT2D eigenvalue weighted by atomic mass is 16.5. The zero-order valence-corrected chi connectivity index (χ0v) is 22.6. The minimum atomic E-state index is -0.630. The monoisotopic (exact) mass is 514 g/mol. The third-order valence-corrected chi connectivity index (χ3v) is 7.38. The van der Waals surface area contributed by atoms with E-state index in [2.05, 4.69) is 49.4 Å². The molecule has 9 heteroatoms. The zero-order chi connectivity index (χ0) is 26.5. The van der Waals surface area contributed by atoms with E-state index >= 15 is 0 Å². The summed E-state index contributed by atoms with van der Waals surface area (Å²) in [5.41, 5.74) is 2.01. The highest BCUT2D eigenvalue weighted by Gasteiger charge is 2.39. The van der Waals surface area contributed by atoms with E-state index < -0.39 is 5.97 Å². The number of carboxylic acid groups (broad SMARTS) is 1. The third kappa shape index (κ3) is 7.43. The van der Waals surface area contributed by atoms with Crippen LogP contribution in [-0.4, -0.2) is 45.3 Å². The van der Waals surface area contributed by atoms with Crippen LogP contribution in [0.15, 0.2) is 21.2 Å². The molecule has 2 aromatic heterocycles. The highest BCUT2D eigenvalue weighted by molar-refractivity contribution is 5.81. The number of carboxylic acids is 1. The van der Waals surface area contributed by atoms with Crippen LogP contribution >= 0.6 is 0 Å². The molecule has 6 rings (SSSR count). The SMILES string of the molecule is CC(C)c1cc(C2CCCN2)no1.CC(C)c1cc(C2CCCN2C(=O)C2CC2)no1.O=C(O)C1CC1. The quantitative estimate of drug-likeness (QED) is 0.513. The Hall–Kier alpha value is -2.68. The van der Waals surface area contributed by atoms with Gasteiger partial charge in [-0.25, -0.2) is 0 Å². The van der Waals surface area contributed by atoms with E-state index in [9.17, 15) is 9.59 Å². The lowest BCUT2D eigenvalue weighted by atomic mass is 10.1. The van der Waals surface area contributed by atoms with Crippen LogP contribution < -0.4 is 5.32 Å². The average Bonchev–Trinajstić information content (AvgIpc) is 3.59. The van der Waals surface area contributed by atoms with Gasteiger partial charge in [0.2, 0.25) is 5.91 Å². The van der Waals surface area contributed by atoms with Gasteiger partial charge in [-0.2, -0.15) is 0 Å². The first-order chi connectivity index (χ1) is 17.7. The summed E-state index contributed by atoms with van der Waals surface area (Å²) in [4.78, 5) is 24.0. The largest absolute Gasteiger partial charge is 0.481 e. The topological polar surface area (TPSA) is 122 Å². The van der Waals surface area contributed by atoms with E-state index in [0.717, 1.165) is 74.5 Å². The molecule has 2 aliphatic carbocycles. The molecule has 0 spiro atoms. The Balaban J connectivity index is 0.000000146. The molecule has 2 aliphatic heterocycles. The predicted octanol–water partition coefficient (Wildman–Crippen LogP) is 5.58. The molecular weight excluding hydrogens is 472 g/mol. The molecule has 0 aromatic carbocycles. The van der Waals surface area contributed by atoms with E-state index in [4.69, 9.17) is 14.2 Å². The molecule has 2 unspecified atom stereocenters. The molecule has 204 valence electrons. The smallest absolute Gasteiger partial charge is 0.306 e. The Morgan fingerprint density at radius 1 is 0.892 bits per heavy atom. The van der Waals surface area contributed by atoms with E-state index in [-0.39, 0.29) is 12.0 Å². The van der Waals surface area contributed by atoms with E-state index in [1.807, 2.05) is 11.0 Å². The van der Waals surface area contributed by atoms with Crippen LogP contribution in [0.4, 0.5) is 0 Å². The van der Waals surface area contributed by atoms with Gasteiger partial charge in [0.05, 0.1) is 18.0 Å². The zero-order valence-electron chi connectivity index (χ0n) is 22.6. The minimum Gasteiger partial charge on any atom is -0.481 e. The first-order valence-electron chi connectivity index (χ1n) is 13.9. The van der Waals surface area contributed by atoms with Crippen LogP contribution in [0.1, 0.15) is 126 Å². The Labute approximate surface area is 219 Å². The standard InChI is InChI=1S/C14H20N2O2.C10H16N2O.C4H6O2/c1-9(2)13-8-11(15-18-13)12-4-3-7-16(12)14(17)10-5-6-10;1-7(2)10-6-9(12-13-10)8-4-3-5-11-8;5-4(6)3-1-2-3/h8-10,12H,3-7H2,1-2H3;6-8,11H,3-5H2,1-2H3;3H,1-2H2,(H,5,6). The molecule has 1 amide bonds. The average molecular weight is 515 g/mol. The van der Waals surface area contributed by atoms with Gasteiger partial charge in [-0.05, 0) is 57.9 Å². The van der Waals surface area contributed by atoms with Crippen molar-refractivity contribution in [3.8, 4) is 0 Å². The van der Waals surface area contributed by atoms with Gasteiger partial charge in [-0.15, -0.1) is 0 Å². The molecule has 2 aromatic rings. The first-order valence-corrected chi connectivity index (χ1v) is 13.9. The molecule has 2 atom stereocenters. The number of carbonyl (C=O) groups excluding carboxylic acids is 1. The number of nitrogens with zero attached hydrogens (tertiary/aromatic N) is 3. The number of amides is 1. The summed E-state index contributed by atoms with van der Waals surface area (Å²) in [6, 6.07) is 4.67. The summed E-state index contributed by atoms with van der Waals surface area (Å²) >= 11 is 0. The lowest BCUT2D eigenvalue weighted by Crippen LogP contribution is -2.31. The summed E-state index contributed by atoms with van der Waals surface area (Å²) in [5.74, 6) is 2.69. The first kappa shape index (κ1) is 27.4. The second-order valence-electron chi connectivity index (χ2n) is 11.3. The molecule has 0 radical (unpaired) electrons. The Morgan fingerprint density at radius 3 is 1.95 bits per heavy atom. The van der Waals surface area contributed by atoms with Crippen LogP contribution in [0.3, 0.4) is 0 Å². The van der Waals surface area contributed by atoms with Crippen molar-refractivity contribution in [1.29, 1.82) is 0 Å². The van der Waals surface area contributed by atoms with Crippen LogP contribution in [0.5, 0.6) is 0 Å². The molecule has 4 heterocycles. The van der Waals surface area contributed by atoms with Gasteiger partial charge in [0.1, 0.15) is 22.9 Å². The number of hydrogen-bond donors (Lipinski definition) is 2. The fraction of sp³-hybridized carbons (Fsp3) is 0.714. The lowest BCUT2D eigenvalue weighted by Gasteiger charge is -2.22. The van der Waals surface area contributed by atoms with Gasteiger partial charge in [-0.3, -0.25) is 9.59 Å². The summed E-state index contributed by atoms with van der Waals surface area (Å²) in [5, 5.41) is 19.7. The summed E-state index contributed by atoms with van der Waals surface area (Å²) in [6.45, 7) is 10.4. The number of aromatic nitrogens is 2. The van der Waals surface area contributed by atoms with Crippen molar-refractivity contribution in [2.24, 2.45) is 11.8 Å². The predicted molar refractivity (Wildman–Crippen MR) is 138 cm³/mol. The molecule has 37 heavy (non-hydrogen) atoms. The van der Waals surface area contributed by atoms with E-state index in [1.54, 1.807) is 0 Å². The fourth-order valence-electron chi connectivity index (χ4n) is 4.64. The number of rotatable bonds is 6. The van der Waals surface area contributed by atoms with Gasteiger partial charge in [-0.1, -0.05) is 38.0 Å². The van der Waals surface area contributed by atoms with Crippen LogP contribution in [0.25, 0.3) is 0 Å². The van der Waals surface area contributed by atoms with Crippen molar-refractivity contribution in [3.05, 3.63) is 35.0 Å². The Kier molecular flexibility index (Phi) is 9.05. The van der Waals surface area contributed by atoms with Crippen LogP contribution in [-0.2, 0) is 9.59 Å². The molecular formula is C28H42N4O5. The lowest BCUT2D eigenvalue weighted by molar-refractivity contribution is -0.138. The number of nitrogens with one attached hydrogen (secondary N) is 1. The number of carbonyl (C=O) groups is 2. The maximum Gasteiger partial charge on any atom is 0.306 e. The molecule has 4 fully saturated rings. The molecule has 2 N–H and O–H groups in total. The van der Waals surface area contributed by atoms with Crippen molar-refractivity contribution in [2.45, 2.75) is 103 Å². The number of aliphatic carboxylic acids is 1.